The fraction of sp³-hybridized carbons (Fsp3) is 0.826. The van der Waals surface area contributed by atoms with E-state index in [1.165, 1.54) is 96.3 Å². The van der Waals surface area contributed by atoms with Crippen LogP contribution in [0, 0.1) is 0 Å². The molecule has 142 valence electrons. The van der Waals surface area contributed by atoms with Crippen molar-refractivity contribution in [3.63, 3.8) is 0 Å². The molecule has 0 saturated heterocycles. The van der Waals surface area contributed by atoms with Crippen molar-refractivity contribution in [3.05, 3.63) is 24.3 Å². The molecular formula is C23H45N. The molecule has 0 aromatic heterocycles. The molecular weight excluding hydrogens is 290 g/mol. The smallest absolute Gasteiger partial charge is 0.00387 e. The van der Waals surface area contributed by atoms with Crippen LogP contribution < -0.4 is 5.73 Å². The normalized spacial score (nSPS) is 13.3. The molecule has 24 heavy (non-hydrogen) atoms. The number of hydrogen-bond donors (Lipinski definition) is 1. The number of nitrogens with two attached hydrogens (primary N) is 1. The molecule has 0 aliphatic heterocycles. The number of allylic oxidation sites excluding steroid dienone is 4. The van der Waals surface area contributed by atoms with Crippen LogP contribution in [0.1, 0.15) is 117 Å². The standard InChI is InChI=1S/C23H45N/c1-3-5-6-7-8-9-10-11-12-13-14-15-16-17-18-19-20-22-23(24)21-4-2/h8-9,11-12,23H,3-7,10,13-22,24H2,1-2H3/b9-8+,12-11+. The average molecular weight is 336 g/mol. The SMILES string of the molecule is CCCCC/C=C/C/C=C/CCCCCCCCCC(N)CCC. The minimum absolute atomic E-state index is 0.452. The first-order chi connectivity index (χ1) is 11.8. The minimum atomic E-state index is 0.452. The van der Waals surface area contributed by atoms with Gasteiger partial charge in [-0.3, -0.25) is 0 Å². The van der Waals surface area contributed by atoms with Crippen molar-refractivity contribution < 1.29 is 0 Å². The molecule has 0 bridgehead atoms. The van der Waals surface area contributed by atoms with Crippen molar-refractivity contribution in [2.24, 2.45) is 5.73 Å². The van der Waals surface area contributed by atoms with E-state index in [2.05, 4.69) is 38.2 Å². The highest BCUT2D eigenvalue weighted by Gasteiger charge is 2.00. The zero-order valence-electron chi connectivity index (χ0n) is 16.8. The van der Waals surface area contributed by atoms with E-state index in [0.717, 1.165) is 6.42 Å². The van der Waals surface area contributed by atoms with Crippen LogP contribution in [0.5, 0.6) is 0 Å². The molecule has 0 aromatic carbocycles. The van der Waals surface area contributed by atoms with Crippen LogP contribution in [0.3, 0.4) is 0 Å². The summed E-state index contributed by atoms with van der Waals surface area (Å²) in [6, 6.07) is 0.452. The molecule has 1 unspecified atom stereocenters. The third kappa shape index (κ3) is 19.5. The lowest BCUT2D eigenvalue weighted by Gasteiger charge is -2.09. The van der Waals surface area contributed by atoms with Crippen molar-refractivity contribution >= 4 is 0 Å². The third-order valence-electron chi connectivity index (χ3n) is 4.69. The molecule has 0 saturated carbocycles. The number of unbranched alkanes of at least 4 members (excludes halogenated alkanes) is 10. The second kappa shape index (κ2) is 20.5. The molecule has 0 rings (SSSR count). The van der Waals surface area contributed by atoms with Crippen molar-refractivity contribution in [1.29, 1.82) is 0 Å². The predicted octanol–water partition coefficient (Wildman–Crippen LogP) is 7.71. The summed E-state index contributed by atoms with van der Waals surface area (Å²) in [4.78, 5) is 0. The van der Waals surface area contributed by atoms with E-state index in [-0.39, 0.29) is 0 Å². The summed E-state index contributed by atoms with van der Waals surface area (Å²) >= 11 is 0. The van der Waals surface area contributed by atoms with Crippen molar-refractivity contribution in [3.8, 4) is 0 Å². The lowest BCUT2D eigenvalue weighted by molar-refractivity contribution is 0.505. The fourth-order valence-electron chi connectivity index (χ4n) is 3.09. The van der Waals surface area contributed by atoms with Crippen LogP contribution in [0.4, 0.5) is 0 Å². The van der Waals surface area contributed by atoms with Gasteiger partial charge in [0.25, 0.3) is 0 Å². The second-order valence-electron chi connectivity index (χ2n) is 7.28. The molecule has 0 aliphatic carbocycles. The van der Waals surface area contributed by atoms with Crippen molar-refractivity contribution in [2.75, 3.05) is 0 Å². The van der Waals surface area contributed by atoms with Gasteiger partial charge in [0.15, 0.2) is 0 Å². The molecule has 0 fully saturated rings. The van der Waals surface area contributed by atoms with E-state index < -0.39 is 0 Å². The third-order valence-corrected chi connectivity index (χ3v) is 4.69. The predicted molar refractivity (Wildman–Crippen MR) is 111 cm³/mol. The van der Waals surface area contributed by atoms with E-state index in [9.17, 15) is 0 Å². The highest BCUT2D eigenvalue weighted by molar-refractivity contribution is 4.92. The van der Waals surface area contributed by atoms with E-state index in [1.807, 2.05) is 0 Å². The molecule has 1 nitrogen and oxygen atoms in total. The zero-order chi connectivity index (χ0) is 17.7. The highest BCUT2D eigenvalue weighted by atomic mass is 14.6. The van der Waals surface area contributed by atoms with Crippen LogP contribution in [0.15, 0.2) is 24.3 Å². The molecule has 1 atom stereocenters. The van der Waals surface area contributed by atoms with Gasteiger partial charge < -0.3 is 5.73 Å². The summed E-state index contributed by atoms with van der Waals surface area (Å²) in [6.07, 6.45) is 30.4. The van der Waals surface area contributed by atoms with Gasteiger partial charge in [0.1, 0.15) is 0 Å². The topological polar surface area (TPSA) is 26.0 Å². The van der Waals surface area contributed by atoms with Crippen LogP contribution in [-0.4, -0.2) is 6.04 Å². The number of hydrogen-bond acceptors (Lipinski definition) is 1. The van der Waals surface area contributed by atoms with Gasteiger partial charge >= 0.3 is 0 Å². The Hall–Kier alpha value is -0.560. The Morgan fingerprint density at radius 1 is 0.583 bits per heavy atom. The lowest BCUT2D eigenvalue weighted by atomic mass is 10.0. The van der Waals surface area contributed by atoms with Gasteiger partial charge in [-0.2, -0.15) is 0 Å². The Labute approximate surface area is 153 Å². The van der Waals surface area contributed by atoms with Crippen LogP contribution in [0.25, 0.3) is 0 Å². The monoisotopic (exact) mass is 335 g/mol. The summed E-state index contributed by atoms with van der Waals surface area (Å²) in [5.41, 5.74) is 6.04. The Balaban J connectivity index is 3.18. The summed E-state index contributed by atoms with van der Waals surface area (Å²) in [5.74, 6) is 0. The maximum absolute atomic E-state index is 6.04. The molecule has 2 N–H and O–H groups in total. The summed E-state index contributed by atoms with van der Waals surface area (Å²) in [5, 5.41) is 0. The Morgan fingerprint density at radius 2 is 1.12 bits per heavy atom. The molecule has 0 radical (unpaired) electrons. The lowest BCUT2D eigenvalue weighted by Crippen LogP contribution is -2.18. The van der Waals surface area contributed by atoms with Gasteiger partial charge in [0.05, 0.1) is 0 Å². The van der Waals surface area contributed by atoms with E-state index >= 15 is 0 Å². The van der Waals surface area contributed by atoms with E-state index in [4.69, 9.17) is 5.73 Å². The largest absolute Gasteiger partial charge is 0.328 e. The molecule has 0 amide bonds. The first-order valence-corrected chi connectivity index (χ1v) is 10.9. The highest BCUT2D eigenvalue weighted by Crippen LogP contribution is 2.12. The maximum atomic E-state index is 6.04. The van der Waals surface area contributed by atoms with Gasteiger partial charge in [-0.1, -0.05) is 95.9 Å². The molecule has 1 heteroatoms. The van der Waals surface area contributed by atoms with Crippen LogP contribution in [0.2, 0.25) is 0 Å². The van der Waals surface area contributed by atoms with Crippen molar-refractivity contribution in [1.82, 2.24) is 0 Å². The fourth-order valence-corrected chi connectivity index (χ4v) is 3.09. The first kappa shape index (κ1) is 23.4. The molecule has 0 aliphatic rings. The Bertz CT molecular complexity index is 280. The Morgan fingerprint density at radius 3 is 1.71 bits per heavy atom. The van der Waals surface area contributed by atoms with Gasteiger partial charge in [0.2, 0.25) is 0 Å². The molecule has 0 spiro atoms. The summed E-state index contributed by atoms with van der Waals surface area (Å²) in [6.45, 7) is 4.48. The summed E-state index contributed by atoms with van der Waals surface area (Å²) in [7, 11) is 0. The van der Waals surface area contributed by atoms with E-state index in [0.29, 0.717) is 6.04 Å². The maximum Gasteiger partial charge on any atom is 0.00387 e. The van der Waals surface area contributed by atoms with Crippen LogP contribution >= 0.6 is 0 Å². The molecule has 0 aromatic rings. The van der Waals surface area contributed by atoms with Gasteiger partial charge in [0, 0.05) is 6.04 Å². The Kier molecular flexibility index (Phi) is 20.0. The van der Waals surface area contributed by atoms with Gasteiger partial charge in [-0.05, 0) is 44.9 Å². The van der Waals surface area contributed by atoms with Gasteiger partial charge in [-0.25, -0.2) is 0 Å². The second-order valence-corrected chi connectivity index (χ2v) is 7.28. The quantitative estimate of drug-likeness (QED) is 0.201. The summed E-state index contributed by atoms with van der Waals surface area (Å²) < 4.78 is 0. The van der Waals surface area contributed by atoms with Gasteiger partial charge in [-0.15, -0.1) is 0 Å². The number of rotatable bonds is 18. The van der Waals surface area contributed by atoms with Crippen molar-refractivity contribution in [2.45, 2.75) is 123 Å². The minimum Gasteiger partial charge on any atom is -0.328 e. The van der Waals surface area contributed by atoms with Crippen LogP contribution in [-0.2, 0) is 0 Å². The average Bonchev–Trinajstić information content (AvgIpc) is 2.58. The zero-order valence-corrected chi connectivity index (χ0v) is 16.8. The molecule has 0 heterocycles. The first-order valence-electron chi connectivity index (χ1n) is 10.9. The van der Waals surface area contributed by atoms with E-state index in [1.54, 1.807) is 0 Å².